The molecular formula is C15H17ClO3S. The Balaban J connectivity index is 2.33. The molecule has 0 bridgehead atoms. The van der Waals surface area contributed by atoms with Crippen molar-refractivity contribution in [2.24, 2.45) is 5.41 Å². The van der Waals surface area contributed by atoms with Gasteiger partial charge in [-0.3, -0.25) is 4.79 Å². The highest BCUT2D eigenvalue weighted by molar-refractivity contribution is 7.91. The highest BCUT2D eigenvalue weighted by atomic mass is 35.5. The van der Waals surface area contributed by atoms with Crippen molar-refractivity contribution < 1.29 is 13.2 Å². The van der Waals surface area contributed by atoms with Gasteiger partial charge < -0.3 is 0 Å². The molecule has 0 N–H and O–H groups in total. The van der Waals surface area contributed by atoms with Gasteiger partial charge in [-0.15, -0.1) is 0 Å². The largest absolute Gasteiger partial charge is 0.294 e. The minimum atomic E-state index is -3.53. The Labute approximate surface area is 124 Å². The van der Waals surface area contributed by atoms with E-state index >= 15 is 0 Å². The van der Waals surface area contributed by atoms with Gasteiger partial charge in [0.1, 0.15) is 0 Å². The second-order valence-corrected chi connectivity index (χ2v) is 8.34. The van der Waals surface area contributed by atoms with Gasteiger partial charge in [0, 0.05) is 17.0 Å². The third-order valence-corrected chi connectivity index (χ3v) is 5.39. The van der Waals surface area contributed by atoms with Crippen molar-refractivity contribution in [3.8, 4) is 0 Å². The molecule has 0 radical (unpaired) electrons. The molecule has 108 valence electrons. The van der Waals surface area contributed by atoms with Crippen molar-refractivity contribution in [1.82, 2.24) is 0 Å². The van der Waals surface area contributed by atoms with Crippen molar-refractivity contribution in [1.29, 1.82) is 0 Å². The number of benzene rings is 1. The van der Waals surface area contributed by atoms with Gasteiger partial charge in [0.2, 0.25) is 0 Å². The van der Waals surface area contributed by atoms with Crippen LogP contribution in [0.1, 0.15) is 26.7 Å². The SMILES string of the molecule is CC1(C)CC(=O)C(CS(=O)(=O)c2ccccc2)=C(Cl)C1. The average molecular weight is 313 g/mol. The Kier molecular flexibility index (Phi) is 4.07. The first kappa shape index (κ1) is 15.3. The summed E-state index contributed by atoms with van der Waals surface area (Å²) < 4.78 is 24.6. The minimum Gasteiger partial charge on any atom is -0.294 e. The van der Waals surface area contributed by atoms with Crippen LogP contribution in [0.25, 0.3) is 0 Å². The second-order valence-electron chi connectivity index (χ2n) is 5.90. The molecule has 0 saturated carbocycles. The van der Waals surface area contributed by atoms with Crippen LogP contribution >= 0.6 is 11.6 Å². The zero-order valence-electron chi connectivity index (χ0n) is 11.5. The molecule has 0 aliphatic heterocycles. The zero-order valence-corrected chi connectivity index (χ0v) is 13.1. The van der Waals surface area contributed by atoms with Crippen LogP contribution in [-0.2, 0) is 14.6 Å². The van der Waals surface area contributed by atoms with E-state index in [9.17, 15) is 13.2 Å². The number of Topliss-reactive ketones (excluding diaryl/α,β-unsaturated/α-hetero) is 1. The number of carbonyl (C=O) groups is 1. The van der Waals surface area contributed by atoms with E-state index in [4.69, 9.17) is 11.6 Å². The van der Waals surface area contributed by atoms with Gasteiger partial charge in [-0.1, -0.05) is 43.6 Å². The number of halogens is 1. The Bertz CT molecular complexity index is 658. The summed E-state index contributed by atoms with van der Waals surface area (Å²) in [4.78, 5) is 12.3. The summed E-state index contributed by atoms with van der Waals surface area (Å²) in [5, 5.41) is 0.380. The van der Waals surface area contributed by atoms with Gasteiger partial charge >= 0.3 is 0 Å². The van der Waals surface area contributed by atoms with Crippen LogP contribution < -0.4 is 0 Å². The smallest absolute Gasteiger partial charge is 0.182 e. The van der Waals surface area contributed by atoms with Crippen LogP contribution in [0.5, 0.6) is 0 Å². The van der Waals surface area contributed by atoms with Crippen molar-refractivity contribution >= 4 is 27.2 Å². The van der Waals surface area contributed by atoms with E-state index in [1.54, 1.807) is 18.2 Å². The number of sulfone groups is 1. The third-order valence-electron chi connectivity index (χ3n) is 3.37. The van der Waals surface area contributed by atoms with Crippen LogP contribution in [0.3, 0.4) is 0 Å². The molecular weight excluding hydrogens is 296 g/mol. The highest BCUT2D eigenvalue weighted by Gasteiger charge is 2.34. The quantitative estimate of drug-likeness (QED) is 0.860. The summed E-state index contributed by atoms with van der Waals surface area (Å²) in [6.07, 6.45) is 0.878. The molecule has 0 aromatic heterocycles. The summed E-state index contributed by atoms with van der Waals surface area (Å²) in [5.41, 5.74) is 0.0450. The predicted molar refractivity (Wildman–Crippen MR) is 79.4 cm³/mol. The lowest BCUT2D eigenvalue weighted by Gasteiger charge is -2.29. The van der Waals surface area contributed by atoms with Crippen LogP contribution in [0.2, 0.25) is 0 Å². The highest BCUT2D eigenvalue weighted by Crippen LogP contribution is 2.39. The Morgan fingerprint density at radius 1 is 1.15 bits per heavy atom. The average Bonchev–Trinajstić information content (AvgIpc) is 2.34. The van der Waals surface area contributed by atoms with E-state index < -0.39 is 9.84 Å². The zero-order chi connectivity index (χ0) is 15.0. The molecule has 1 aromatic carbocycles. The molecule has 1 aromatic rings. The number of rotatable bonds is 3. The molecule has 2 rings (SSSR count). The van der Waals surface area contributed by atoms with Crippen molar-refractivity contribution in [3.63, 3.8) is 0 Å². The number of hydrogen-bond donors (Lipinski definition) is 0. The van der Waals surface area contributed by atoms with E-state index in [-0.39, 0.29) is 27.4 Å². The second kappa shape index (κ2) is 5.34. The normalized spacial score (nSPS) is 19.2. The van der Waals surface area contributed by atoms with Gasteiger partial charge in [-0.2, -0.15) is 0 Å². The van der Waals surface area contributed by atoms with Crippen molar-refractivity contribution in [3.05, 3.63) is 40.9 Å². The fraction of sp³-hybridized carbons (Fsp3) is 0.400. The fourth-order valence-electron chi connectivity index (χ4n) is 2.34. The summed E-state index contributed by atoms with van der Waals surface area (Å²) in [6, 6.07) is 8.13. The van der Waals surface area contributed by atoms with Gasteiger partial charge in [-0.05, 0) is 24.0 Å². The lowest BCUT2D eigenvalue weighted by molar-refractivity contribution is -0.117. The summed E-state index contributed by atoms with van der Waals surface area (Å²) in [6.45, 7) is 3.91. The van der Waals surface area contributed by atoms with E-state index in [2.05, 4.69) is 0 Å². The minimum absolute atomic E-state index is 0.161. The van der Waals surface area contributed by atoms with Crippen LogP contribution in [0.4, 0.5) is 0 Å². The molecule has 0 atom stereocenters. The maximum absolute atomic E-state index is 12.3. The van der Waals surface area contributed by atoms with E-state index in [0.717, 1.165) is 0 Å². The summed E-state index contributed by atoms with van der Waals surface area (Å²) >= 11 is 6.15. The van der Waals surface area contributed by atoms with Gasteiger partial charge in [0.15, 0.2) is 15.6 Å². The van der Waals surface area contributed by atoms with Gasteiger partial charge in [0.25, 0.3) is 0 Å². The molecule has 0 saturated heterocycles. The molecule has 0 fully saturated rings. The summed E-state index contributed by atoms with van der Waals surface area (Å²) in [5.74, 6) is -0.476. The number of hydrogen-bond acceptors (Lipinski definition) is 3. The van der Waals surface area contributed by atoms with Crippen LogP contribution in [-0.4, -0.2) is 20.0 Å². The van der Waals surface area contributed by atoms with Crippen LogP contribution in [0.15, 0.2) is 45.8 Å². The molecule has 20 heavy (non-hydrogen) atoms. The standard InChI is InChI=1S/C15H17ClO3S/c1-15(2)8-13(16)12(14(17)9-15)10-20(18,19)11-6-4-3-5-7-11/h3-7H,8-10H2,1-2H3. The monoisotopic (exact) mass is 312 g/mol. The molecule has 0 heterocycles. The number of ketones is 1. The number of allylic oxidation sites excluding steroid dienone is 1. The van der Waals surface area contributed by atoms with E-state index in [1.165, 1.54) is 12.1 Å². The molecule has 0 unspecified atom stereocenters. The Morgan fingerprint density at radius 3 is 2.30 bits per heavy atom. The maximum atomic E-state index is 12.3. The fourth-order valence-corrected chi connectivity index (χ4v) is 4.41. The van der Waals surface area contributed by atoms with E-state index in [1.807, 2.05) is 13.8 Å². The molecule has 3 nitrogen and oxygen atoms in total. The van der Waals surface area contributed by atoms with Crippen LogP contribution in [0, 0.1) is 5.41 Å². The van der Waals surface area contributed by atoms with Gasteiger partial charge in [0.05, 0.1) is 10.6 Å². The predicted octanol–water partition coefficient (Wildman–Crippen LogP) is 3.34. The molecule has 0 amide bonds. The lowest BCUT2D eigenvalue weighted by Crippen LogP contribution is -2.27. The number of carbonyl (C=O) groups excluding carboxylic acids is 1. The summed E-state index contributed by atoms with van der Waals surface area (Å²) in [7, 11) is -3.53. The molecule has 1 aliphatic rings. The Morgan fingerprint density at radius 2 is 1.75 bits per heavy atom. The first-order chi connectivity index (χ1) is 9.21. The van der Waals surface area contributed by atoms with E-state index in [0.29, 0.717) is 17.9 Å². The molecule has 1 aliphatic carbocycles. The molecule has 0 spiro atoms. The maximum Gasteiger partial charge on any atom is 0.182 e. The van der Waals surface area contributed by atoms with Gasteiger partial charge in [-0.25, -0.2) is 8.42 Å². The first-order valence-corrected chi connectivity index (χ1v) is 8.43. The lowest BCUT2D eigenvalue weighted by atomic mass is 9.78. The topological polar surface area (TPSA) is 51.2 Å². The van der Waals surface area contributed by atoms with Crippen molar-refractivity contribution in [2.45, 2.75) is 31.6 Å². The first-order valence-electron chi connectivity index (χ1n) is 6.40. The van der Waals surface area contributed by atoms with Crippen molar-refractivity contribution in [2.75, 3.05) is 5.75 Å². The Hall–Kier alpha value is -1.13. The third kappa shape index (κ3) is 3.30. The molecule has 5 heteroatoms.